The van der Waals surface area contributed by atoms with E-state index in [1.54, 1.807) is 0 Å². The number of aldehydes is 1. The Balaban J connectivity index is 1.70. The molecule has 1 saturated heterocycles. The molecule has 2 atom stereocenters. The lowest BCUT2D eigenvalue weighted by atomic mass is 10.0. The molecule has 1 N–H and O–H groups in total. The molecule has 1 fully saturated rings. The second kappa shape index (κ2) is 7.56. The van der Waals surface area contributed by atoms with Crippen LogP contribution in [0.15, 0.2) is 33.8 Å². The lowest BCUT2D eigenvalue weighted by Gasteiger charge is -2.25. The predicted molar refractivity (Wildman–Crippen MR) is 101 cm³/mol. The van der Waals surface area contributed by atoms with Gasteiger partial charge < -0.3 is 4.90 Å². The van der Waals surface area contributed by atoms with Crippen LogP contribution in [-0.2, 0) is 9.59 Å². The number of carbonyl (C=O) groups excluding carboxylic acids is 2. The molecule has 1 unspecified atom stereocenters. The second-order valence-corrected chi connectivity index (χ2v) is 7.80. The van der Waals surface area contributed by atoms with Gasteiger partial charge in [-0.1, -0.05) is 29.8 Å². The third kappa shape index (κ3) is 3.86. The van der Waals surface area contributed by atoms with Crippen LogP contribution in [0.25, 0.3) is 0 Å². The van der Waals surface area contributed by atoms with Crippen LogP contribution >= 0.6 is 15.9 Å². The zero-order valence-corrected chi connectivity index (χ0v) is 16.1. The summed E-state index contributed by atoms with van der Waals surface area (Å²) in [6.07, 6.45) is 2.10. The number of amides is 1. The minimum Gasteiger partial charge on any atom is -0.342 e. The lowest BCUT2D eigenvalue weighted by molar-refractivity contribution is -0.133. The SMILES string of the molecule is CC(C)C(=O)N1CC[C@@H](CC2=NNC(C=O)N2c2ccc(Br)cc2)C1. The maximum atomic E-state index is 12.2. The van der Waals surface area contributed by atoms with Gasteiger partial charge in [0.2, 0.25) is 5.91 Å². The van der Waals surface area contributed by atoms with Crippen molar-refractivity contribution in [1.82, 2.24) is 10.3 Å². The van der Waals surface area contributed by atoms with Gasteiger partial charge in [-0.15, -0.1) is 0 Å². The third-order valence-electron chi connectivity index (χ3n) is 4.68. The van der Waals surface area contributed by atoms with Crippen molar-refractivity contribution < 1.29 is 9.59 Å². The summed E-state index contributed by atoms with van der Waals surface area (Å²) in [4.78, 5) is 27.5. The number of likely N-dealkylation sites (tertiary alicyclic amines) is 1. The number of rotatable bonds is 5. The van der Waals surface area contributed by atoms with Crippen LogP contribution in [0.4, 0.5) is 5.69 Å². The van der Waals surface area contributed by atoms with Crippen LogP contribution in [0.3, 0.4) is 0 Å². The maximum Gasteiger partial charge on any atom is 0.225 e. The van der Waals surface area contributed by atoms with Gasteiger partial charge in [0.1, 0.15) is 5.84 Å². The number of hydrogen-bond donors (Lipinski definition) is 1. The molecule has 3 rings (SSSR count). The van der Waals surface area contributed by atoms with Gasteiger partial charge in [0.15, 0.2) is 12.5 Å². The number of nitrogens with zero attached hydrogens (tertiary/aromatic N) is 3. The van der Waals surface area contributed by atoms with Gasteiger partial charge in [0.05, 0.1) is 0 Å². The second-order valence-electron chi connectivity index (χ2n) is 6.88. The summed E-state index contributed by atoms with van der Waals surface area (Å²) in [5.74, 6) is 1.46. The molecule has 6 nitrogen and oxygen atoms in total. The van der Waals surface area contributed by atoms with Crippen molar-refractivity contribution in [2.75, 3.05) is 18.0 Å². The molecule has 7 heteroatoms. The van der Waals surface area contributed by atoms with Gasteiger partial charge in [0, 0.05) is 35.6 Å². The molecule has 0 radical (unpaired) electrons. The molecular formula is C18H23BrN4O2. The van der Waals surface area contributed by atoms with Crippen molar-refractivity contribution in [3.63, 3.8) is 0 Å². The standard InChI is InChI=1S/C18H23BrN4O2/c1-12(2)18(25)22-8-7-13(10-22)9-16-20-21-17(11-24)23(16)15-5-3-14(19)4-6-15/h3-6,11-13,17,21H,7-10H2,1-2H3/t13-,17?/m0/s1. The van der Waals surface area contributed by atoms with E-state index in [0.29, 0.717) is 5.92 Å². The summed E-state index contributed by atoms with van der Waals surface area (Å²) >= 11 is 3.43. The molecule has 1 aromatic rings. The van der Waals surface area contributed by atoms with E-state index in [9.17, 15) is 9.59 Å². The number of hydrogen-bond acceptors (Lipinski definition) is 5. The Morgan fingerprint density at radius 1 is 1.40 bits per heavy atom. The summed E-state index contributed by atoms with van der Waals surface area (Å²) in [7, 11) is 0. The highest BCUT2D eigenvalue weighted by Gasteiger charge is 2.33. The van der Waals surface area contributed by atoms with Gasteiger partial charge in [-0.3, -0.25) is 19.9 Å². The fourth-order valence-corrected chi connectivity index (χ4v) is 3.65. The zero-order valence-electron chi connectivity index (χ0n) is 14.5. The number of halogens is 1. The van der Waals surface area contributed by atoms with Gasteiger partial charge in [0.25, 0.3) is 0 Å². The molecule has 134 valence electrons. The Labute approximate surface area is 156 Å². The van der Waals surface area contributed by atoms with E-state index in [2.05, 4.69) is 26.5 Å². The Hall–Kier alpha value is -1.89. The summed E-state index contributed by atoms with van der Waals surface area (Å²) in [5.41, 5.74) is 3.83. The summed E-state index contributed by atoms with van der Waals surface area (Å²) in [6, 6.07) is 7.83. The molecule has 0 saturated carbocycles. The number of hydrazone groups is 1. The Kier molecular flexibility index (Phi) is 5.42. The Morgan fingerprint density at radius 2 is 2.12 bits per heavy atom. The van der Waals surface area contributed by atoms with Crippen molar-refractivity contribution >= 4 is 39.6 Å². The fourth-order valence-electron chi connectivity index (χ4n) is 3.38. The molecule has 0 aliphatic carbocycles. The smallest absolute Gasteiger partial charge is 0.225 e. The van der Waals surface area contributed by atoms with E-state index in [4.69, 9.17) is 0 Å². The predicted octanol–water partition coefficient (Wildman–Crippen LogP) is 2.59. The van der Waals surface area contributed by atoms with Crippen LogP contribution in [0.2, 0.25) is 0 Å². The monoisotopic (exact) mass is 406 g/mol. The summed E-state index contributed by atoms with van der Waals surface area (Å²) in [5, 5.41) is 4.38. The van der Waals surface area contributed by atoms with Crippen LogP contribution in [0.5, 0.6) is 0 Å². The zero-order chi connectivity index (χ0) is 18.0. The molecule has 0 aromatic heterocycles. The molecule has 0 spiro atoms. The van der Waals surface area contributed by atoms with Gasteiger partial charge in [-0.25, -0.2) is 0 Å². The Bertz CT molecular complexity index is 674. The highest BCUT2D eigenvalue weighted by molar-refractivity contribution is 9.10. The minimum atomic E-state index is -0.481. The van der Waals surface area contributed by atoms with Crippen molar-refractivity contribution in [2.45, 2.75) is 32.9 Å². The van der Waals surface area contributed by atoms with Crippen molar-refractivity contribution in [3.8, 4) is 0 Å². The van der Waals surface area contributed by atoms with Crippen molar-refractivity contribution in [1.29, 1.82) is 0 Å². The number of anilines is 1. The van der Waals surface area contributed by atoms with Crippen molar-refractivity contribution in [2.24, 2.45) is 16.9 Å². The molecule has 2 aliphatic rings. The van der Waals surface area contributed by atoms with E-state index in [1.165, 1.54) is 0 Å². The summed E-state index contributed by atoms with van der Waals surface area (Å²) < 4.78 is 0.989. The first-order chi connectivity index (χ1) is 12.0. The highest BCUT2D eigenvalue weighted by Crippen LogP contribution is 2.27. The Morgan fingerprint density at radius 3 is 2.76 bits per heavy atom. The highest BCUT2D eigenvalue weighted by atomic mass is 79.9. The van der Waals surface area contributed by atoms with Crippen molar-refractivity contribution in [3.05, 3.63) is 28.7 Å². The fraction of sp³-hybridized carbons (Fsp3) is 0.500. The number of amidine groups is 1. The first kappa shape index (κ1) is 17.9. The quantitative estimate of drug-likeness (QED) is 0.763. The van der Waals surface area contributed by atoms with Crippen LogP contribution in [-0.4, -0.2) is 42.2 Å². The van der Waals surface area contributed by atoms with E-state index < -0.39 is 6.17 Å². The molecule has 2 heterocycles. The van der Waals surface area contributed by atoms with Crippen LogP contribution in [0, 0.1) is 11.8 Å². The van der Waals surface area contributed by atoms with E-state index in [-0.39, 0.29) is 11.8 Å². The molecule has 1 amide bonds. The first-order valence-corrected chi connectivity index (χ1v) is 9.40. The average Bonchev–Trinajstić information content (AvgIpc) is 3.22. The van der Waals surface area contributed by atoms with E-state index >= 15 is 0 Å². The van der Waals surface area contributed by atoms with E-state index in [1.807, 2.05) is 47.9 Å². The van der Waals surface area contributed by atoms with E-state index in [0.717, 1.165) is 48.2 Å². The first-order valence-electron chi connectivity index (χ1n) is 8.60. The van der Waals surface area contributed by atoms with Crippen LogP contribution < -0.4 is 10.3 Å². The van der Waals surface area contributed by atoms with Gasteiger partial charge >= 0.3 is 0 Å². The normalized spacial score (nSPS) is 23.0. The lowest BCUT2D eigenvalue weighted by Crippen LogP contribution is -2.42. The molecular weight excluding hydrogens is 384 g/mol. The topological polar surface area (TPSA) is 65.0 Å². The number of carbonyl (C=O) groups is 2. The number of benzene rings is 1. The maximum absolute atomic E-state index is 12.2. The molecule has 2 aliphatic heterocycles. The van der Waals surface area contributed by atoms with Crippen LogP contribution in [0.1, 0.15) is 26.7 Å². The molecule has 1 aromatic carbocycles. The van der Waals surface area contributed by atoms with Gasteiger partial charge in [-0.2, -0.15) is 5.10 Å². The molecule has 25 heavy (non-hydrogen) atoms. The largest absolute Gasteiger partial charge is 0.342 e. The number of nitrogens with one attached hydrogen (secondary N) is 1. The molecule has 0 bridgehead atoms. The van der Waals surface area contributed by atoms with Gasteiger partial charge in [-0.05, 0) is 36.6 Å². The average molecular weight is 407 g/mol. The third-order valence-corrected chi connectivity index (χ3v) is 5.21. The summed E-state index contributed by atoms with van der Waals surface area (Å²) in [6.45, 7) is 5.43. The minimum absolute atomic E-state index is 0.0305.